The maximum absolute atomic E-state index is 12.4. The van der Waals surface area contributed by atoms with Crippen LogP contribution in [0.15, 0.2) is 6.20 Å². The van der Waals surface area contributed by atoms with Crippen molar-refractivity contribution < 1.29 is 9.90 Å². The van der Waals surface area contributed by atoms with Gasteiger partial charge in [-0.05, 0) is 19.8 Å². The van der Waals surface area contributed by atoms with Crippen LogP contribution in [0.3, 0.4) is 0 Å². The van der Waals surface area contributed by atoms with Crippen molar-refractivity contribution in [2.24, 2.45) is 0 Å². The monoisotopic (exact) mass is 266 g/mol. The third kappa shape index (κ3) is 2.73. The molecule has 0 saturated heterocycles. The van der Waals surface area contributed by atoms with Crippen molar-refractivity contribution in [1.29, 1.82) is 0 Å². The van der Waals surface area contributed by atoms with Gasteiger partial charge in [0.25, 0.3) is 5.91 Å². The quantitative estimate of drug-likeness (QED) is 0.846. The summed E-state index contributed by atoms with van der Waals surface area (Å²) in [6, 6.07) is 0. The summed E-state index contributed by atoms with van der Waals surface area (Å²) in [7, 11) is 1.70. The van der Waals surface area contributed by atoms with Crippen LogP contribution in [0.5, 0.6) is 0 Å². The Hall–Kier alpha value is -1.56. The highest BCUT2D eigenvalue weighted by molar-refractivity contribution is 5.97. The van der Waals surface area contributed by atoms with Gasteiger partial charge in [0.05, 0.1) is 17.5 Å². The highest BCUT2D eigenvalue weighted by Gasteiger charge is 2.34. The van der Waals surface area contributed by atoms with E-state index in [2.05, 4.69) is 5.10 Å². The minimum Gasteiger partial charge on any atom is -0.396 e. The molecule has 1 fully saturated rings. The minimum absolute atomic E-state index is 0.183. The zero-order valence-corrected chi connectivity index (χ0v) is 11.6. The van der Waals surface area contributed by atoms with E-state index in [4.69, 9.17) is 5.73 Å². The summed E-state index contributed by atoms with van der Waals surface area (Å²) in [6.07, 6.45) is 5.05. The number of carbonyl (C=O) groups is 1. The molecule has 0 radical (unpaired) electrons. The molecule has 1 aromatic rings. The zero-order chi connectivity index (χ0) is 14.0. The van der Waals surface area contributed by atoms with Crippen molar-refractivity contribution in [3.63, 3.8) is 0 Å². The van der Waals surface area contributed by atoms with Gasteiger partial charge in [0.2, 0.25) is 0 Å². The molecule has 3 N–H and O–H groups in total. The van der Waals surface area contributed by atoms with Gasteiger partial charge in [-0.3, -0.25) is 9.48 Å². The number of nitrogens with two attached hydrogens (primary N) is 1. The molecule has 6 nitrogen and oxygen atoms in total. The van der Waals surface area contributed by atoms with Crippen molar-refractivity contribution in [1.82, 2.24) is 14.7 Å². The number of aryl methyl sites for hydroxylation is 1. The van der Waals surface area contributed by atoms with Crippen LogP contribution in [0, 0.1) is 0 Å². The molecule has 2 rings (SSSR count). The number of likely N-dealkylation sites (N-methyl/N-ethyl adjacent to an activating group) is 1. The summed E-state index contributed by atoms with van der Waals surface area (Å²) < 4.78 is 1.59. The smallest absolute Gasteiger partial charge is 0.274 e. The second kappa shape index (κ2) is 5.21. The first-order chi connectivity index (χ1) is 8.97. The maximum Gasteiger partial charge on any atom is 0.274 e. The first-order valence-electron chi connectivity index (χ1n) is 6.76. The Morgan fingerprint density at radius 3 is 2.79 bits per heavy atom. The molecule has 1 heterocycles. The molecule has 6 heteroatoms. The summed E-state index contributed by atoms with van der Waals surface area (Å²) >= 11 is 0. The summed E-state index contributed by atoms with van der Waals surface area (Å²) in [6.45, 7) is 2.85. The molecule has 1 aliphatic carbocycles. The van der Waals surface area contributed by atoms with Crippen LogP contribution in [-0.4, -0.2) is 44.9 Å². The largest absolute Gasteiger partial charge is 0.396 e. The topological polar surface area (TPSA) is 84.4 Å². The minimum atomic E-state index is -0.740. The Morgan fingerprint density at radius 2 is 2.21 bits per heavy atom. The van der Waals surface area contributed by atoms with Crippen molar-refractivity contribution in [3.8, 4) is 0 Å². The lowest BCUT2D eigenvalue weighted by Gasteiger charge is -2.28. The third-order valence-corrected chi connectivity index (χ3v) is 3.78. The molecule has 106 valence electrons. The zero-order valence-electron chi connectivity index (χ0n) is 11.6. The molecule has 0 atom stereocenters. The molecule has 0 aromatic carbocycles. The average Bonchev–Trinajstić information content (AvgIpc) is 2.94. The van der Waals surface area contributed by atoms with Crippen molar-refractivity contribution in [2.75, 3.05) is 19.3 Å². The van der Waals surface area contributed by atoms with Crippen molar-refractivity contribution in [3.05, 3.63) is 11.9 Å². The highest BCUT2D eigenvalue weighted by atomic mass is 16.3. The van der Waals surface area contributed by atoms with E-state index >= 15 is 0 Å². The third-order valence-electron chi connectivity index (χ3n) is 3.78. The molecular weight excluding hydrogens is 244 g/mol. The number of anilines is 1. The summed E-state index contributed by atoms with van der Waals surface area (Å²) in [5, 5.41) is 14.4. The Morgan fingerprint density at radius 1 is 1.58 bits per heavy atom. The van der Waals surface area contributed by atoms with Gasteiger partial charge in [0.15, 0.2) is 0 Å². The lowest BCUT2D eigenvalue weighted by Crippen LogP contribution is -2.42. The molecule has 1 amide bonds. The molecule has 19 heavy (non-hydrogen) atoms. The summed E-state index contributed by atoms with van der Waals surface area (Å²) in [5.74, 6) is -0.183. The van der Waals surface area contributed by atoms with E-state index < -0.39 is 5.60 Å². The number of aromatic nitrogens is 2. The first-order valence-corrected chi connectivity index (χ1v) is 6.76. The molecule has 1 saturated carbocycles. The van der Waals surface area contributed by atoms with Gasteiger partial charge < -0.3 is 15.7 Å². The Kier molecular flexibility index (Phi) is 3.80. The molecule has 0 bridgehead atoms. The van der Waals surface area contributed by atoms with Crippen molar-refractivity contribution >= 4 is 11.6 Å². The van der Waals surface area contributed by atoms with E-state index in [1.807, 2.05) is 6.92 Å². The molecule has 0 unspecified atom stereocenters. The Labute approximate surface area is 113 Å². The fourth-order valence-electron chi connectivity index (χ4n) is 2.76. The second-order valence-electron chi connectivity index (χ2n) is 5.36. The van der Waals surface area contributed by atoms with E-state index in [9.17, 15) is 9.90 Å². The average molecular weight is 266 g/mol. The van der Waals surface area contributed by atoms with Gasteiger partial charge in [-0.2, -0.15) is 5.10 Å². The number of nitrogen functional groups attached to an aromatic ring is 1. The molecule has 0 aliphatic heterocycles. The van der Waals surface area contributed by atoms with Gasteiger partial charge in [-0.15, -0.1) is 0 Å². The van der Waals surface area contributed by atoms with E-state index in [0.717, 1.165) is 25.7 Å². The number of carbonyl (C=O) groups excluding carboxylic acids is 1. The first kappa shape index (κ1) is 13.9. The molecule has 0 spiro atoms. The van der Waals surface area contributed by atoms with Crippen LogP contribution in [0.4, 0.5) is 5.69 Å². The molecule has 1 aliphatic rings. The van der Waals surface area contributed by atoms with Gasteiger partial charge in [-0.1, -0.05) is 12.8 Å². The van der Waals surface area contributed by atoms with E-state index in [-0.39, 0.29) is 5.91 Å². The van der Waals surface area contributed by atoms with E-state index in [1.54, 1.807) is 16.6 Å². The van der Waals surface area contributed by atoms with Gasteiger partial charge in [0.1, 0.15) is 5.69 Å². The predicted octanol–water partition coefficient (Wildman–Crippen LogP) is 0.862. The number of rotatable bonds is 4. The Balaban J connectivity index is 2.12. The number of hydrogen-bond acceptors (Lipinski definition) is 4. The van der Waals surface area contributed by atoms with Crippen LogP contribution in [0.25, 0.3) is 0 Å². The maximum atomic E-state index is 12.4. The van der Waals surface area contributed by atoms with Crippen LogP contribution in [0.1, 0.15) is 43.1 Å². The number of aliphatic hydroxyl groups is 1. The van der Waals surface area contributed by atoms with Crippen LogP contribution in [0.2, 0.25) is 0 Å². The number of hydrogen-bond donors (Lipinski definition) is 2. The van der Waals surface area contributed by atoms with Crippen LogP contribution >= 0.6 is 0 Å². The number of nitrogens with zero attached hydrogens (tertiary/aromatic N) is 3. The highest BCUT2D eigenvalue weighted by Crippen LogP contribution is 2.30. The van der Waals surface area contributed by atoms with Gasteiger partial charge >= 0.3 is 0 Å². The lowest BCUT2D eigenvalue weighted by atomic mass is 10.0. The lowest BCUT2D eigenvalue weighted by molar-refractivity contribution is 0.0153. The molecular formula is C13H22N4O2. The summed E-state index contributed by atoms with van der Waals surface area (Å²) in [5.41, 5.74) is 5.86. The second-order valence-corrected chi connectivity index (χ2v) is 5.36. The van der Waals surface area contributed by atoms with Gasteiger partial charge in [-0.25, -0.2) is 0 Å². The van der Waals surface area contributed by atoms with Crippen LogP contribution < -0.4 is 5.73 Å². The van der Waals surface area contributed by atoms with Crippen LogP contribution in [-0.2, 0) is 6.54 Å². The summed E-state index contributed by atoms with van der Waals surface area (Å²) in [4.78, 5) is 14.0. The Bertz CT molecular complexity index is 463. The fourth-order valence-corrected chi connectivity index (χ4v) is 2.76. The number of amides is 1. The van der Waals surface area contributed by atoms with Gasteiger partial charge in [0, 0.05) is 20.1 Å². The predicted molar refractivity (Wildman–Crippen MR) is 72.7 cm³/mol. The SMILES string of the molecule is CCn1ncc(N)c1C(=O)N(C)CC1(O)CCCC1. The molecule has 1 aromatic heterocycles. The van der Waals surface area contributed by atoms with Crippen molar-refractivity contribution in [2.45, 2.75) is 44.8 Å². The van der Waals surface area contributed by atoms with E-state index in [0.29, 0.717) is 24.5 Å². The van der Waals surface area contributed by atoms with E-state index in [1.165, 1.54) is 6.20 Å². The normalized spacial score (nSPS) is 17.6. The fraction of sp³-hybridized carbons (Fsp3) is 0.692. The standard InChI is InChI=1S/C13H22N4O2/c1-3-17-11(10(14)8-15-17)12(18)16(2)9-13(19)6-4-5-7-13/h8,19H,3-7,9,14H2,1-2H3.